The molecule has 1 N–H and O–H groups in total. The van der Waals surface area contributed by atoms with E-state index >= 15 is 0 Å². The van der Waals surface area contributed by atoms with Gasteiger partial charge in [-0.15, -0.1) is 0 Å². The Bertz CT molecular complexity index is 1370. The predicted octanol–water partition coefficient (Wildman–Crippen LogP) is 5.57. The van der Waals surface area contributed by atoms with E-state index in [0.29, 0.717) is 16.9 Å². The number of nitrogens with zero attached hydrogens (tertiary/aromatic N) is 4. The SMILES string of the molecule is Cc1ccc2nc(-c3ccc(F)c(C)c3)c(CC(=O)Nc3ccc(N4CCC(C)CC4)nc3)n2c1. The number of hydrogen-bond donors (Lipinski definition) is 1. The average Bonchev–Trinajstić information content (AvgIpc) is 3.19. The van der Waals surface area contributed by atoms with Gasteiger partial charge in [-0.1, -0.05) is 13.0 Å². The number of nitrogens with one attached hydrogen (secondary N) is 1. The maximum Gasteiger partial charge on any atom is 0.230 e. The number of rotatable bonds is 5. The second kappa shape index (κ2) is 9.49. The summed E-state index contributed by atoms with van der Waals surface area (Å²) in [6, 6.07) is 12.7. The second-order valence-electron chi connectivity index (χ2n) is 9.61. The first-order valence-electron chi connectivity index (χ1n) is 12.1. The average molecular weight is 472 g/mol. The minimum atomic E-state index is -0.261. The molecule has 4 aromatic rings. The molecular weight excluding hydrogens is 441 g/mol. The molecule has 1 aliphatic heterocycles. The molecule has 1 aromatic carbocycles. The van der Waals surface area contributed by atoms with Crippen molar-refractivity contribution in [2.45, 2.75) is 40.0 Å². The van der Waals surface area contributed by atoms with Crippen LogP contribution in [0.2, 0.25) is 0 Å². The third kappa shape index (κ3) is 4.90. The van der Waals surface area contributed by atoms with Gasteiger partial charge in [-0.05, 0) is 80.1 Å². The van der Waals surface area contributed by atoms with Gasteiger partial charge in [0.15, 0.2) is 0 Å². The molecule has 4 heterocycles. The Kier molecular flexibility index (Phi) is 6.24. The largest absolute Gasteiger partial charge is 0.357 e. The van der Waals surface area contributed by atoms with Gasteiger partial charge in [-0.2, -0.15) is 0 Å². The highest BCUT2D eigenvalue weighted by atomic mass is 19.1. The molecule has 3 aromatic heterocycles. The standard InChI is InChI=1S/C28H30FN5O/c1-18-10-12-33(13-11-18)25-9-6-22(16-30-25)31-27(35)15-24-28(21-5-7-23(29)20(3)14-21)32-26-8-4-19(2)17-34(24)26/h4-9,14,16-18H,10-13,15H2,1-3H3,(H,31,35). The maximum atomic E-state index is 13.9. The van der Waals surface area contributed by atoms with Crippen molar-refractivity contribution in [2.75, 3.05) is 23.3 Å². The summed E-state index contributed by atoms with van der Waals surface area (Å²) in [5.41, 5.74) is 5.24. The van der Waals surface area contributed by atoms with E-state index in [2.05, 4.69) is 22.1 Å². The summed E-state index contributed by atoms with van der Waals surface area (Å²) in [5, 5.41) is 2.97. The molecule has 0 saturated carbocycles. The monoisotopic (exact) mass is 471 g/mol. The van der Waals surface area contributed by atoms with Gasteiger partial charge in [0.1, 0.15) is 17.3 Å². The molecule has 0 aliphatic carbocycles. The summed E-state index contributed by atoms with van der Waals surface area (Å²) in [6.07, 6.45) is 6.17. The van der Waals surface area contributed by atoms with Crippen LogP contribution in [0.1, 0.15) is 36.6 Å². The number of anilines is 2. The molecule has 0 bridgehead atoms. The molecule has 1 aliphatic rings. The molecule has 6 nitrogen and oxygen atoms in total. The minimum absolute atomic E-state index is 0.127. The van der Waals surface area contributed by atoms with Crippen molar-refractivity contribution in [3.63, 3.8) is 0 Å². The molecule has 0 radical (unpaired) electrons. The summed E-state index contributed by atoms with van der Waals surface area (Å²) in [5.74, 6) is 1.29. The van der Waals surface area contributed by atoms with E-state index in [1.807, 2.05) is 41.8 Å². The zero-order valence-electron chi connectivity index (χ0n) is 20.4. The molecule has 5 rings (SSSR count). The summed E-state index contributed by atoms with van der Waals surface area (Å²) in [7, 11) is 0. The van der Waals surface area contributed by atoms with Crippen LogP contribution in [0.25, 0.3) is 16.9 Å². The Hall–Kier alpha value is -3.74. The quantitative estimate of drug-likeness (QED) is 0.413. The predicted molar refractivity (Wildman–Crippen MR) is 137 cm³/mol. The summed E-state index contributed by atoms with van der Waals surface area (Å²) in [6.45, 7) is 8.04. The van der Waals surface area contributed by atoms with Gasteiger partial charge < -0.3 is 14.6 Å². The first-order valence-corrected chi connectivity index (χ1v) is 12.1. The number of fused-ring (bicyclic) bond motifs is 1. The first kappa shape index (κ1) is 23.0. The number of piperidine rings is 1. The fraction of sp³-hybridized carbons (Fsp3) is 0.321. The van der Waals surface area contributed by atoms with Crippen molar-refractivity contribution in [1.82, 2.24) is 14.4 Å². The van der Waals surface area contributed by atoms with Gasteiger partial charge in [0, 0.05) is 24.8 Å². The lowest BCUT2D eigenvalue weighted by Crippen LogP contribution is -2.33. The molecule has 7 heteroatoms. The number of carbonyl (C=O) groups excluding carboxylic acids is 1. The molecule has 1 amide bonds. The molecule has 1 saturated heterocycles. The Balaban J connectivity index is 1.38. The molecule has 0 spiro atoms. The second-order valence-corrected chi connectivity index (χ2v) is 9.61. The summed E-state index contributed by atoms with van der Waals surface area (Å²) >= 11 is 0. The van der Waals surface area contributed by atoms with E-state index in [9.17, 15) is 9.18 Å². The molecule has 0 atom stereocenters. The van der Waals surface area contributed by atoms with Crippen LogP contribution in [-0.2, 0) is 11.2 Å². The lowest BCUT2D eigenvalue weighted by molar-refractivity contribution is -0.115. The summed E-state index contributed by atoms with van der Waals surface area (Å²) in [4.78, 5) is 24.7. The number of imidazole rings is 1. The molecular formula is C28H30FN5O. The molecule has 180 valence electrons. The van der Waals surface area contributed by atoms with E-state index in [-0.39, 0.29) is 18.1 Å². The highest BCUT2D eigenvalue weighted by Crippen LogP contribution is 2.28. The van der Waals surface area contributed by atoms with Crippen LogP contribution in [-0.4, -0.2) is 33.4 Å². The molecule has 35 heavy (non-hydrogen) atoms. The smallest absolute Gasteiger partial charge is 0.230 e. The van der Waals surface area contributed by atoms with E-state index in [1.54, 1.807) is 25.3 Å². The lowest BCUT2D eigenvalue weighted by atomic mass is 9.99. The number of benzene rings is 1. The third-order valence-corrected chi connectivity index (χ3v) is 6.76. The number of hydrogen-bond acceptors (Lipinski definition) is 4. The van der Waals surface area contributed by atoms with Crippen LogP contribution in [0.15, 0.2) is 54.9 Å². The summed E-state index contributed by atoms with van der Waals surface area (Å²) < 4.78 is 15.8. The Labute approximate surface area is 204 Å². The Morgan fingerprint density at radius 1 is 1.11 bits per heavy atom. The minimum Gasteiger partial charge on any atom is -0.357 e. The fourth-order valence-corrected chi connectivity index (χ4v) is 4.63. The van der Waals surface area contributed by atoms with Gasteiger partial charge in [0.25, 0.3) is 0 Å². The number of aromatic nitrogens is 3. The van der Waals surface area contributed by atoms with Gasteiger partial charge in [-0.25, -0.2) is 14.4 Å². The van der Waals surface area contributed by atoms with Crippen molar-refractivity contribution in [3.8, 4) is 11.3 Å². The van der Waals surface area contributed by atoms with Crippen LogP contribution in [0.3, 0.4) is 0 Å². The Morgan fingerprint density at radius 3 is 2.63 bits per heavy atom. The lowest BCUT2D eigenvalue weighted by Gasteiger charge is -2.31. The van der Waals surface area contributed by atoms with Crippen LogP contribution in [0.5, 0.6) is 0 Å². The van der Waals surface area contributed by atoms with E-state index in [4.69, 9.17) is 4.98 Å². The number of carbonyl (C=O) groups is 1. The highest BCUT2D eigenvalue weighted by molar-refractivity contribution is 5.93. The van der Waals surface area contributed by atoms with Gasteiger partial charge in [0.2, 0.25) is 5.91 Å². The highest BCUT2D eigenvalue weighted by Gasteiger charge is 2.19. The number of pyridine rings is 2. The third-order valence-electron chi connectivity index (χ3n) is 6.76. The van der Waals surface area contributed by atoms with Crippen LogP contribution in [0.4, 0.5) is 15.9 Å². The number of aryl methyl sites for hydroxylation is 2. The molecule has 0 unspecified atom stereocenters. The number of amides is 1. The zero-order valence-corrected chi connectivity index (χ0v) is 20.4. The van der Waals surface area contributed by atoms with Crippen LogP contribution >= 0.6 is 0 Å². The number of halogens is 1. The van der Waals surface area contributed by atoms with Crippen LogP contribution < -0.4 is 10.2 Å². The molecule has 1 fully saturated rings. The van der Waals surface area contributed by atoms with E-state index in [0.717, 1.165) is 47.3 Å². The maximum absolute atomic E-state index is 13.9. The Morgan fingerprint density at radius 2 is 1.91 bits per heavy atom. The van der Waals surface area contributed by atoms with Gasteiger partial charge in [-0.3, -0.25) is 4.79 Å². The normalized spacial score (nSPS) is 14.5. The van der Waals surface area contributed by atoms with Crippen molar-refractivity contribution in [1.29, 1.82) is 0 Å². The van der Waals surface area contributed by atoms with Crippen molar-refractivity contribution in [2.24, 2.45) is 5.92 Å². The van der Waals surface area contributed by atoms with Gasteiger partial charge in [0.05, 0.1) is 29.7 Å². The fourth-order valence-electron chi connectivity index (χ4n) is 4.63. The van der Waals surface area contributed by atoms with Crippen molar-refractivity contribution >= 4 is 23.1 Å². The van der Waals surface area contributed by atoms with Crippen LogP contribution in [0, 0.1) is 25.6 Å². The first-order chi connectivity index (χ1) is 16.9. The van der Waals surface area contributed by atoms with E-state index in [1.165, 1.54) is 18.9 Å². The zero-order chi connectivity index (χ0) is 24.5. The van der Waals surface area contributed by atoms with Crippen molar-refractivity contribution < 1.29 is 9.18 Å². The van der Waals surface area contributed by atoms with Gasteiger partial charge >= 0.3 is 0 Å². The van der Waals surface area contributed by atoms with E-state index < -0.39 is 0 Å². The topological polar surface area (TPSA) is 62.5 Å². The van der Waals surface area contributed by atoms with Crippen molar-refractivity contribution in [3.05, 3.63) is 77.5 Å².